The molecule has 24 heavy (non-hydrogen) atoms. The molecule has 0 N–H and O–H groups in total. The minimum Gasteiger partial charge on any atom is -0.233 e. The van der Waals surface area contributed by atoms with Gasteiger partial charge in [-0.2, -0.15) is 5.11 Å². The molecule has 3 aromatic rings. The van der Waals surface area contributed by atoms with Gasteiger partial charge in [0.05, 0.1) is 11.7 Å². The summed E-state index contributed by atoms with van der Waals surface area (Å²) in [7, 11) is 0. The Kier molecular flexibility index (Phi) is 4.75. The number of nitrogens with zero attached hydrogens (tertiary/aromatic N) is 4. The predicted molar refractivity (Wildman–Crippen MR) is 96.3 cm³/mol. The summed E-state index contributed by atoms with van der Waals surface area (Å²) in [6, 6.07) is 20.2. The molecule has 0 amide bonds. The molecule has 0 fully saturated rings. The molecule has 1 unspecified atom stereocenters. The molecule has 0 spiro atoms. The summed E-state index contributed by atoms with van der Waals surface area (Å²) in [5.74, 6) is 1.27. The van der Waals surface area contributed by atoms with Gasteiger partial charge in [-0.15, -0.1) is 5.11 Å². The lowest BCUT2D eigenvalue weighted by atomic mass is 10.1. The third kappa shape index (κ3) is 3.90. The zero-order valence-corrected chi connectivity index (χ0v) is 14.1. The lowest BCUT2D eigenvalue weighted by Crippen LogP contribution is -1.92. The van der Waals surface area contributed by atoms with E-state index in [9.17, 15) is 0 Å². The fourth-order valence-electron chi connectivity index (χ4n) is 2.42. The van der Waals surface area contributed by atoms with Crippen molar-refractivity contribution in [2.24, 2.45) is 10.2 Å². The van der Waals surface area contributed by atoms with E-state index in [-0.39, 0.29) is 6.04 Å². The average molecular weight is 316 g/mol. The zero-order chi connectivity index (χ0) is 16.9. The van der Waals surface area contributed by atoms with Crippen LogP contribution in [0.4, 0.5) is 5.82 Å². The van der Waals surface area contributed by atoms with Gasteiger partial charge in [0.25, 0.3) is 0 Å². The quantitative estimate of drug-likeness (QED) is 0.588. The van der Waals surface area contributed by atoms with Gasteiger partial charge in [-0.3, -0.25) is 0 Å². The summed E-state index contributed by atoms with van der Waals surface area (Å²) in [5, 5.41) is 8.73. The Morgan fingerprint density at radius 2 is 1.58 bits per heavy atom. The van der Waals surface area contributed by atoms with Crippen molar-refractivity contribution in [2.45, 2.75) is 26.8 Å². The van der Waals surface area contributed by atoms with Crippen LogP contribution in [0.3, 0.4) is 0 Å². The van der Waals surface area contributed by atoms with Crippen LogP contribution in [-0.2, 0) is 0 Å². The molecule has 1 heterocycles. The summed E-state index contributed by atoms with van der Waals surface area (Å²) < 4.78 is 0. The van der Waals surface area contributed by atoms with Gasteiger partial charge in [0.15, 0.2) is 5.82 Å². The molecule has 120 valence electrons. The molecule has 1 aromatic heterocycles. The van der Waals surface area contributed by atoms with Crippen molar-refractivity contribution in [1.29, 1.82) is 0 Å². The van der Waals surface area contributed by atoms with Gasteiger partial charge in [0.1, 0.15) is 5.82 Å². The monoisotopic (exact) mass is 316 g/mol. The average Bonchev–Trinajstić information content (AvgIpc) is 2.60. The molecule has 0 bridgehead atoms. The lowest BCUT2D eigenvalue weighted by Gasteiger charge is -2.06. The van der Waals surface area contributed by atoms with Crippen LogP contribution in [0.2, 0.25) is 0 Å². The van der Waals surface area contributed by atoms with Crippen LogP contribution in [0.15, 0.2) is 70.9 Å². The zero-order valence-electron chi connectivity index (χ0n) is 14.1. The van der Waals surface area contributed by atoms with Crippen molar-refractivity contribution in [3.63, 3.8) is 0 Å². The third-order valence-corrected chi connectivity index (χ3v) is 3.79. The minimum atomic E-state index is -0.0129. The lowest BCUT2D eigenvalue weighted by molar-refractivity contribution is 0.758. The van der Waals surface area contributed by atoms with Crippen molar-refractivity contribution in [1.82, 2.24) is 9.97 Å². The van der Waals surface area contributed by atoms with Gasteiger partial charge in [0, 0.05) is 11.6 Å². The summed E-state index contributed by atoms with van der Waals surface area (Å²) in [4.78, 5) is 8.85. The van der Waals surface area contributed by atoms with Crippen LogP contribution in [0.1, 0.15) is 29.9 Å². The second-order valence-electron chi connectivity index (χ2n) is 5.83. The predicted octanol–water partition coefficient (Wildman–Crippen LogP) is 5.61. The first-order valence-corrected chi connectivity index (χ1v) is 8.00. The van der Waals surface area contributed by atoms with Gasteiger partial charge in [-0.05, 0) is 26.3 Å². The molecular formula is C20H20N4. The Bertz CT molecular complexity index is 839. The normalized spacial score (nSPS) is 12.5. The second kappa shape index (κ2) is 7.13. The first-order chi connectivity index (χ1) is 11.6. The van der Waals surface area contributed by atoms with E-state index in [1.54, 1.807) is 0 Å². The van der Waals surface area contributed by atoms with E-state index in [0.29, 0.717) is 11.6 Å². The fraction of sp³-hybridized carbons (Fsp3) is 0.200. The Balaban J connectivity index is 1.84. The smallest absolute Gasteiger partial charge is 0.177 e. The van der Waals surface area contributed by atoms with Crippen molar-refractivity contribution in [3.8, 4) is 11.3 Å². The van der Waals surface area contributed by atoms with Gasteiger partial charge in [-0.25, -0.2) is 9.97 Å². The Morgan fingerprint density at radius 3 is 2.29 bits per heavy atom. The highest BCUT2D eigenvalue weighted by atomic mass is 15.2. The highest BCUT2D eigenvalue weighted by Gasteiger charge is 2.06. The maximum atomic E-state index is 4.49. The number of benzene rings is 2. The van der Waals surface area contributed by atoms with E-state index < -0.39 is 0 Å². The minimum absolute atomic E-state index is 0.0129. The number of azo groups is 1. The molecule has 0 saturated carbocycles. The Hall–Kier alpha value is -2.88. The summed E-state index contributed by atoms with van der Waals surface area (Å²) >= 11 is 0. The van der Waals surface area contributed by atoms with Crippen molar-refractivity contribution >= 4 is 5.82 Å². The standard InChI is InChI=1S/C20H20N4/c1-14-9-11-17(12-10-14)15(2)23-24-20-13-19(21-16(3)22-20)18-7-5-4-6-8-18/h4-13,15H,1-3H3. The molecular weight excluding hydrogens is 296 g/mol. The van der Waals surface area contributed by atoms with E-state index in [4.69, 9.17) is 0 Å². The van der Waals surface area contributed by atoms with Gasteiger partial charge >= 0.3 is 0 Å². The van der Waals surface area contributed by atoms with Crippen molar-refractivity contribution < 1.29 is 0 Å². The third-order valence-electron chi connectivity index (χ3n) is 3.79. The highest BCUT2D eigenvalue weighted by Crippen LogP contribution is 2.23. The number of aromatic nitrogens is 2. The Morgan fingerprint density at radius 1 is 0.875 bits per heavy atom. The molecule has 0 aliphatic rings. The van der Waals surface area contributed by atoms with E-state index in [0.717, 1.165) is 16.8 Å². The number of rotatable bonds is 4. The van der Waals surface area contributed by atoms with Crippen molar-refractivity contribution in [3.05, 3.63) is 77.6 Å². The summed E-state index contributed by atoms with van der Waals surface area (Å²) in [5.41, 5.74) is 4.28. The van der Waals surface area contributed by atoms with Gasteiger partial charge in [-0.1, -0.05) is 60.2 Å². The number of hydrogen-bond donors (Lipinski definition) is 0. The topological polar surface area (TPSA) is 50.5 Å². The molecule has 1 atom stereocenters. The van der Waals surface area contributed by atoms with E-state index in [1.807, 2.05) is 50.2 Å². The largest absolute Gasteiger partial charge is 0.233 e. The Labute approximate surface area is 142 Å². The van der Waals surface area contributed by atoms with Crippen LogP contribution >= 0.6 is 0 Å². The maximum Gasteiger partial charge on any atom is 0.177 e. The molecule has 3 rings (SSSR count). The SMILES string of the molecule is Cc1ccc(C(C)N=Nc2cc(-c3ccccc3)nc(C)n2)cc1. The molecule has 0 aliphatic heterocycles. The molecule has 0 radical (unpaired) electrons. The molecule has 2 aromatic carbocycles. The van der Waals surface area contributed by atoms with Crippen LogP contribution in [-0.4, -0.2) is 9.97 Å². The summed E-state index contributed by atoms with van der Waals surface area (Å²) in [6.07, 6.45) is 0. The maximum absolute atomic E-state index is 4.49. The molecule has 4 nitrogen and oxygen atoms in total. The fourth-order valence-corrected chi connectivity index (χ4v) is 2.42. The van der Waals surface area contributed by atoms with E-state index in [2.05, 4.69) is 51.4 Å². The second-order valence-corrected chi connectivity index (χ2v) is 5.83. The summed E-state index contributed by atoms with van der Waals surface area (Å²) in [6.45, 7) is 5.97. The van der Waals surface area contributed by atoms with Gasteiger partial charge < -0.3 is 0 Å². The van der Waals surface area contributed by atoms with Crippen molar-refractivity contribution in [2.75, 3.05) is 0 Å². The first-order valence-electron chi connectivity index (χ1n) is 8.00. The van der Waals surface area contributed by atoms with Gasteiger partial charge in [0.2, 0.25) is 0 Å². The molecule has 4 heteroatoms. The van der Waals surface area contributed by atoms with Crippen LogP contribution < -0.4 is 0 Å². The van der Waals surface area contributed by atoms with Crippen LogP contribution in [0.25, 0.3) is 11.3 Å². The molecule has 0 saturated heterocycles. The van der Waals surface area contributed by atoms with E-state index in [1.165, 1.54) is 5.56 Å². The number of hydrogen-bond acceptors (Lipinski definition) is 4. The van der Waals surface area contributed by atoms with E-state index >= 15 is 0 Å². The van der Waals surface area contributed by atoms with Crippen LogP contribution in [0.5, 0.6) is 0 Å². The number of aryl methyl sites for hydroxylation is 2. The molecule has 0 aliphatic carbocycles. The highest BCUT2D eigenvalue weighted by molar-refractivity contribution is 5.61. The van der Waals surface area contributed by atoms with Crippen LogP contribution in [0, 0.1) is 13.8 Å². The first kappa shape index (κ1) is 16.0.